The van der Waals surface area contributed by atoms with Crippen LogP contribution in [0.15, 0.2) is 36.4 Å². The maximum absolute atomic E-state index is 10.7. The van der Waals surface area contributed by atoms with Crippen LogP contribution in [-0.4, -0.2) is 11.1 Å². The number of rotatable bonds is 5. The highest BCUT2D eigenvalue weighted by molar-refractivity contribution is 5.71. The van der Waals surface area contributed by atoms with Crippen molar-refractivity contribution >= 4 is 5.97 Å². The van der Waals surface area contributed by atoms with E-state index in [1.807, 2.05) is 18.2 Å². The molecule has 17 heavy (non-hydrogen) atoms. The fourth-order valence-corrected chi connectivity index (χ4v) is 1.76. The molecule has 1 atom stereocenters. The minimum atomic E-state index is -0.779. The Morgan fingerprint density at radius 3 is 2.53 bits per heavy atom. The standard InChI is InChI=1S/C15H20O2/c1-11(2)14-10-5-4-8-13(14)9-6-7-12(3)15(16)17/h4-8,10-12H,9H2,1-3H3,(H,16,17). The molecule has 0 radical (unpaired) electrons. The second kappa shape index (κ2) is 6.24. The molecule has 0 aliphatic heterocycles. The zero-order chi connectivity index (χ0) is 12.8. The highest BCUT2D eigenvalue weighted by Crippen LogP contribution is 2.19. The molecule has 0 aliphatic rings. The minimum Gasteiger partial charge on any atom is -0.481 e. The van der Waals surface area contributed by atoms with E-state index >= 15 is 0 Å². The largest absolute Gasteiger partial charge is 0.481 e. The number of hydrogen-bond donors (Lipinski definition) is 1. The van der Waals surface area contributed by atoms with Crippen LogP contribution in [0.4, 0.5) is 0 Å². The fourth-order valence-electron chi connectivity index (χ4n) is 1.76. The molecule has 1 aromatic rings. The molecule has 0 aliphatic carbocycles. The van der Waals surface area contributed by atoms with Crippen molar-refractivity contribution in [2.75, 3.05) is 0 Å². The number of carboxylic acid groups (broad SMARTS) is 1. The third-order valence-electron chi connectivity index (χ3n) is 2.83. The third kappa shape index (κ3) is 4.06. The summed E-state index contributed by atoms with van der Waals surface area (Å²) in [5.74, 6) is -0.698. The van der Waals surface area contributed by atoms with Gasteiger partial charge in [-0.25, -0.2) is 0 Å². The summed E-state index contributed by atoms with van der Waals surface area (Å²) in [5, 5.41) is 8.77. The highest BCUT2D eigenvalue weighted by atomic mass is 16.4. The van der Waals surface area contributed by atoms with Crippen LogP contribution in [0, 0.1) is 5.92 Å². The van der Waals surface area contributed by atoms with E-state index in [0.717, 1.165) is 6.42 Å². The van der Waals surface area contributed by atoms with Crippen molar-refractivity contribution in [3.8, 4) is 0 Å². The molecule has 0 amide bonds. The molecule has 2 heteroatoms. The van der Waals surface area contributed by atoms with E-state index in [1.54, 1.807) is 13.0 Å². The zero-order valence-electron chi connectivity index (χ0n) is 10.7. The molecule has 92 valence electrons. The van der Waals surface area contributed by atoms with Crippen molar-refractivity contribution in [2.45, 2.75) is 33.1 Å². The van der Waals surface area contributed by atoms with Gasteiger partial charge in [-0.15, -0.1) is 0 Å². The van der Waals surface area contributed by atoms with Gasteiger partial charge in [0.25, 0.3) is 0 Å². The van der Waals surface area contributed by atoms with Gasteiger partial charge < -0.3 is 5.11 Å². The maximum atomic E-state index is 10.7. The number of carbonyl (C=O) groups is 1. The van der Waals surface area contributed by atoms with E-state index in [9.17, 15) is 4.79 Å². The normalized spacial score (nSPS) is 13.2. The van der Waals surface area contributed by atoms with E-state index < -0.39 is 11.9 Å². The van der Waals surface area contributed by atoms with Gasteiger partial charge in [-0.3, -0.25) is 4.79 Å². The lowest BCUT2D eigenvalue weighted by Crippen LogP contribution is -2.05. The molecule has 2 nitrogen and oxygen atoms in total. The molecule has 0 bridgehead atoms. The molecule has 0 fully saturated rings. The van der Waals surface area contributed by atoms with Gasteiger partial charge in [0.1, 0.15) is 0 Å². The lowest BCUT2D eigenvalue weighted by Gasteiger charge is -2.10. The van der Waals surface area contributed by atoms with E-state index in [2.05, 4.69) is 26.0 Å². The molecule has 1 N–H and O–H groups in total. The highest BCUT2D eigenvalue weighted by Gasteiger charge is 2.06. The molecule has 1 rings (SSSR count). The molecule has 0 saturated carbocycles. The smallest absolute Gasteiger partial charge is 0.310 e. The Morgan fingerprint density at radius 2 is 1.94 bits per heavy atom. The first kappa shape index (κ1) is 13.5. The van der Waals surface area contributed by atoms with Crippen molar-refractivity contribution in [1.29, 1.82) is 0 Å². The average Bonchev–Trinajstić information content (AvgIpc) is 2.29. The van der Waals surface area contributed by atoms with Gasteiger partial charge in [0.2, 0.25) is 0 Å². The summed E-state index contributed by atoms with van der Waals surface area (Å²) in [6.07, 6.45) is 4.49. The summed E-state index contributed by atoms with van der Waals surface area (Å²) in [4.78, 5) is 10.7. The summed E-state index contributed by atoms with van der Waals surface area (Å²) >= 11 is 0. The average molecular weight is 232 g/mol. The predicted molar refractivity (Wildman–Crippen MR) is 70.2 cm³/mol. The van der Waals surface area contributed by atoms with Crippen LogP contribution < -0.4 is 0 Å². The first-order chi connectivity index (χ1) is 8.02. The molecular formula is C15H20O2. The van der Waals surface area contributed by atoms with Gasteiger partial charge in [-0.1, -0.05) is 50.3 Å². The van der Waals surface area contributed by atoms with Crippen molar-refractivity contribution in [1.82, 2.24) is 0 Å². The summed E-state index contributed by atoms with van der Waals surface area (Å²) in [5.41, 5.74) is 2.61. The second-order valence-corrected chi connectivity index (χ2v) is 4.61. The maximum Gasteiger partial charge on any atom is 0.310 e. The Kier molecular flexibility index (Phi) is 4.95. The third-order valence-corrected chi connectivity index (χ3v) is 2.83. The summed E-state index contributed by atoms with van der Waals surface area (Å²) in [7, 11) is 0. The second-order valence-electron chi connectivity index (χ2n) is 4.61. The van der Waals surface area contributed by atoms with Gasteiger partial charge in [-0.05, 0) is 30.4 Å². The SMILES string of the molecule is CC(C=CCc1ccccc1C(C)C)C(=O)O. The van der Waals surface area contributed by atoms with Gasteiger partial charge in [0.05, 0.1) is 5.92 Å². The van der Waals surface area contributed by atoms with Crippen molar-refractivity contribution in [3.63, 3.8) is 0 Å². The fraction of sp³-hybridized carbons (Fsp3) is 0.400. The summed E-state index contributed by atoms with van der Waals surface area (Å²) < 4.78 is 0. The van der Waals surface area contributed by atoms with Crippen molar-refractivity contribution in [2.24, 2.45) is 5.92 Å². The molecule has 0 spiro atoms. The number of benzene rings is 1. The lowest BCUT2D eigenvalue weighted by molar-refractivity contribution is -0.139. The van der Waals surface area contributed by atoms with E-state index in [-0.39, 0.29) is 0 Å². The lowest BCUT2D eigenvalue weighted by atomic mass is 9.95. The van der Waals surface area contributed by atoms with E-state index in [4.69, 9.17) is 5.11 Å². The number of carboxylic acids is 1. The van der Waals surface area contributed by atoms with Crippen LogP contribution in [0.1, 0.15) is 37.8 Å². The van der Waals surface area contributed by atoms with Crippen LogP contribution in [0.25, 0.3) is 0 Å². The predicted octanol–water partition coefficient (Wildman–Crippen LogP) is 3.63. The Labute approximate surface area is 103 Å². The van der Waals surface area contributed by atoms with E-state index in [1.165, 1.54) is 11.1 Å². The first-order valence-corrected chi connectivity index (χ1v) is 5.99. The van der Waals surface area contributed by atoms with Gasteiger partial charge in [-0.2, -0.15) is 0 Å². The van der Waals surface area contributed by atoms with E-state index in [0.29, 0.717) is 5.92 Å². The molecule has 0 heterocycles. The van der Waals surface area contributed by atoms with Gasteiger partial charge in [0.15, 0.2) is 0 Å². The van der Waals surface area contributed by atoms with Crippen LogP contribution in [0.3, 0.4) is 0 Å². The monoisotopic (exact) mass is 232 g/mol. The number of hydrogen-bond acceptors (Lipinski definition) is 1. The number of allylic oxidation sites excluding steroid dienone is 1. The Morgan fingerprint density at radius 1 is 1.29 bits per heavy atom. The van der Waals surface area contributed by atoms with Crippen LogP contribution >= 0.6 is 0 Å². The molecule has 1 unspecified atom stereocenters. The minimum absolute atomic E-state index is 0.416. The van der Waals surface area contributed by atoms with Crippen LogP contribution in [0.2, 0.25) is 0 Å². The Hall–Kier alpha value is -1.57. The number of aliphatic carboxylic acids is 1. The topological polar surface area (TPSA) is 37.3 Å². The van der Waals surface area contributed by atoms with Gasteiger partial charge in [0, 0.05) is 0 Å². The van der Waals surface area contributed by atoms with Crippen LogP contribution in [-0.2, 0) is 11.2 Å². The molecule has 1 aromatic carbocycles. The quantitative estimate of drug-likeness (QED) is 0.787. The van der Waals surface area contributed by atoms with Gasteiger partial charge >= 0.3 is 5.97 Å². The first-order valence-electron chi connectivity index (χ1n) is 5.99. The summed E-state index contributed by atoms with van der Waals surface area (Å²) in [6.45, 7) is 6.03. The van der Waals surface area contributed by atoms with Crippen molar-refractivity contribution < 1.29 is 9.90 Å². The van der Waals surface area contributed by atoms with Crippen molar-refractivity contribution in [3.05, 3.63) is 47.5 Å². The Bertz CT molecular complexity index is 405. The molecule has 0 saturated heterocycles. The zero-order valence-corrected chi connectivity index (χ0v) is 10.7. The Balaban J connectivity index is 2.72. The molecular weight excluding hydrogens is 212 g/mol. The summed E-state index contributed by atoms with van der Waals surface area (Å²) in [6, 6.07) is 8.30. The molecule has 0 aromatic heterocycles. The van der Waals surface area contributed by atoms with Crippen LogP contribution in [0.5, 0.6) is 0 Å².